The van der Waals surface area contributed by atoms with Gasteiger partial charge in [0, 0.05) is 19.6 Å². The fourth-order valence-corrected chi connectivity index (χ4v) is 1.56. The van der Waals surface area contributed by atoms with Crippen LogP contribution in [0.3, 0.4) is 0 Å². The normalized spacial score (nSPS) is 30.9. The molecule has 0 aliphatic carbocycles. The largest absolute Gasteiger partial charge is 0.300 e. The van der Waals surface area contributed by atoms with E-state index in [1.165, 1.54) is 5.57 Å². The Kier molecular flexibility index (Phi) is 2.89. The molecule has 0 N–H and O–H groups in total. The monoisotopic (exact) mass is 171 g/mol. The number of rotatable bonds is 3. The lowest BCUT2D eigenvalue weighted by Crippen LogP contribution is -2.27. The van der Waals surface area contributed by atoms with Gasteiger partial charge in [0.1, 0.15) is 5.67 Å². The van der Waals surface area contributed by atoms with E-state index >= 15 is 0 Å². The van der Waals surface area contributed by atoms with Crippen molar-refractivity contribution < 1.29 is 4.39 Å². The highest BCUT2D eigenvalue weighted by molar-refractivity contribution is 4.92. The molecule has 0 spiro atoms. The Hall–Kier alpha value is -0.370. The van der Waals surface area contributed by atoms with Crippen LogP contribution in [0.25, 0.3) is 0 Å². The van der Waals surface area contributed by atoms with Crippen LogP contribution < -0.4 is 0 Å². The maximum absolute atomic E-state index is 13.3. The zero-order valence-corrected chi connectivity index (χ0v) is 8.07. The smallest absolute Gasteiger partial charge is 0.122 e. The van der Waals surface area contributed by atoms with Gasteiger partial charge in [0.25, 0.3) is 0 Å². The zero-order chi connectivity index (χ0) is 9.19. The summed E-state index contributed by atoms with van der Waals surface area (Å²) in [7, 11) is 0. The van der Waals surface area contributed by atoms with Gasteiger partial charge in [0.2, 0.25) is 0 Å². The minimum absolute atomic E-state index is 0.598. The third-order valence-corrected chi connectivity index (χ3v) is 2.36. The van der Waals surface area contributed by atoms with Crippen molar-refractivity contribution in [2.45, 2.75) is 32.4 Å². The highest BCUT2D eigenvalue weighted by Gasteiger charge is 2.32. The van der Waals surface area contributed by atoms with Gasteiger partial charge in [-0.25, -0.2) is 4.39 Å². The summed E-state index contributed by atoms with van der Waals surface area (Å²) in [5, 5.41) is 0. The molecule has 1 unspecified atom stereocenters. The standard InChI is InChI=1S/C10H18FN/c1-9(2)4-6-12-7-5-10(3,11)8-12/h1,4-8H2,2-3H3. The van der Waals surface area contributed by atoms with Gasteiger partial charge < -0.3 is 0 Å². The van der Waals surface area contributed by atoms with Crippen molar-refractivity contribution in [2.75, 3.05) is 19.6 Å². The van der Waals surface area contributed by atoms with Crippen molar-refractivity contribution in [3.63, 3.8) is 0 Å². The van der Waals surface area contributed by atoms with E-state index in [9.17, 15) is 4.39 Å². The van der Waals surface area contributed by atoms with Crippen LogP contribution in [-0.2, 0) is 0 Å². The molecule has 12 heavy (non-hydrogen) atoms. The summed E-state index contributed by atoms with van der Waals surface area (Å²) in [6.45, 7) is 10.0. The molecule has 0 aromatic rings. The summed E-state index contributed by atoms with van der Waals surface area (Å²) in [5.41, 5.74) is 0.234. The number of likely N-dealkylation sites (tertiary alicyclic amines) is 1. The molecule has 1 aliphatic heterocycles. The average molecular weight is 171 g/mol. The van der Waals surface area contributed by atoms with E-state index < -0.39 is 5.67 Å². The van der Waals surface area contributed by atoms with Gasteiger partial charge in [-0.15, -0.1) is 6.58 Å². The fraction of sp³-hybridized carbons (Fsp3) is 0.800. The first-order valence-corrected chi connectivity index (χ1v) is 4.55. The van der Waals surface area contributed by atoms with Crippen molar-refractivity contribution in [1.82, 2.24) is 4.90 Å². The first kappa shape index (κ1) is 9.72. The molecule has 1 saturated heterocycles. The molecule has 0 aromatic carbocycles. The SMILES string of the molecule is C=C(C)CCN1CCC(C)(F)C1. The van der Waals surface area contributed by atoms with E-state index in [-0.39, 0.29) is 0 Å². The molecule has 0 aromatic heterocycles. The minimum Gasteiger partial charge on any atom is -0.300 e. The van der Waals surface area contributed by atoms with Gasteiger partial charge in [-0.05, 0) is 26.7 Å². The van der Waals surface area contributed by atoms with Crippen molar-refractivity contribution in [3.8, 4) is 0 Å². The van der Waals surface area contributed by atoms with Crippen LogP contribution in [0.15, 0.2) is 12.2 Å². The Morgan fingerprint density at radius 3 is 2.75 bits per heavy atom. The van der Waals surface area contributed by atoms with Gasteiger partial charge in [0.15, 0.2) is 0 Å². The Morgan fingerprint density at radius 2 is 2.33 bits per heavy atom. The highest BCUT2D eigenvalue weighted by Crippen LogP contribution is 2.24. The van der Waals surface area contributed by atoms with E-state index in [0.717, 1.165) is 19.5 Å². The first-order valence-electron chi connectivity index (χ1n) is 4.55. The van der Waals surface area contributed by atoms with Gasteiger partial charge in [0.05, 0.1) is 0 Å². The first-order chi connectivity index (χ1) is 5.49. The number of hydrogen-bond donors (Lipinski definition) is 0. The summed E-state index contributed by atoms with van der Waals surface area (Å²) in [4.78, 5) is 2.18. The summed E-state index contributed by atoms with van der Waals surface area (Å²) in [6.07, 6.45) is 1.68. The number of halogens is 1. The molecule has 1 nitrogen and oxygen atoms in total. The third kappa shape index (κ3) is 2.94. The second-order valence-electron chi connectivity index (χ2n) is 4.15. The second kappa shape index (κ2) is 3.56. The van der Waals surface area contributed by atoms with Crippen LogP contribution in [0, 0.1) is 0 Å². The maximum Gasteiger partial charge on any atom is 0.122 e. The molecule has 0 saturated carbocycles. The lowest BCUT2D eigenvalue weighted by Gasteiger charge is -2.16. The molecule has 70 valence electrons. The molecule has 1 fully saturated rings. The van der Waals surface area contributed by atoms with Crippen molar-refractivity contribution in [2.24, 2.45) is 0 Å². The Bertz CT molecular complexity index is 175. The van der Waals surface area contributed by atoms with Crippen LogP contribution in [0.2, 0.25) is 0 Å². The Labute approximate surface area is 74.3 Å². The summed E-state index contributed by atoms with van der Waals surface area (Å²) >= 11 is 0. The number of alkyl halides is 1. The quantitative estimate of drug-likeness (QED) is 0.589. The molecule has 0 amide bonds. The molecular formula is C10H18FN. The molecule has 2 heteroatoms. The van der Waals surface area contributed by atoms with Gasteiger partial charge in [-0.2, -0.15) is 0 Å². The van der Waals surface area contributed by atoms with E-state index in [0.29, 0.717) is 13.0 Å². The maximum atomic E-state index is 13.3. The second-order valence-corrected chi connectivity index (χ2v) is 4.15. The van der Waals surface area contributed by atoms with Gasteiger partial charge in [-0.3, -0.25) is 4.90 Å². The molecule has 1 aliphatic rings. The summed E-state index contributed by atoms with van der Waals surface area (Å²) < 4.78 is 13.3. The van der Waals surface area contributed by atoms with Gasteiger partial charge >= 0.3 is 0 Å². The van der Waals surface area contributed by atoms with E-state index in [1.54, 1.807) is 6.92 Å². The number of nitrogens with zero attached hydrogens (tertiary/aromatic N) is 1. The fourth-order valence-electron chi connectivity index (χ4n) is 1.56. The molecular weight excluding hydrogens is 153 g/mol. The molecule has 0 radical (unpaired) electrons. The minimum atomic E-state index is -0.949. The number of hydrogen-bond acceptors (Lipinski definition) is 1. The van der Waals surface area contributed by atoms with Gasteiger partial charge in [-0.1, -0.05) is 5.57 Å². The zero-order valence-electron chi connectivity index (χ0n) is 8.07. The lowest BCUT2D eigenvalue weighted by atomic mass is 10.1. The Morgan fingerprint density at radius 1 is 1.67 bits per heavy atom. The van der Waals surface area contributed by atoms with Crippen LogP contribution in [0.1, 0.15) is 26.7 Å². The van der Waals surface area contributed by atoms with Crippen LogP contribution in [0.4, 0.5) is 4.39 Å². The predicted molar refractivity (Wildman–Crippen MR) is 50.0 cm³/mol. The van der Waals surface area contributed by atoms with Crippen molar-refractivity contribution in [3.05, 3.63) is 12.2 Å². The van der Waals surface area contributed by atoms with E-state index in [4.69, 9.17) is 0 Å². The van der Waals surface area contributed by atoms with Crippen molar-refractivity contribution in [1.29, 1.82) is 0 Å². The average Bonchev–Trinajstić information content (AvgIpc) is 2.26. The third-order valence-electron chi connectivity index (χ3n) is 2.36. The summed E-state index contributed by atoms with van der Waals surface area (Å²) in [5.74, 6) is 0. The lowest BCUT2D eigenvalue weighted by molar-refractivity contribution is 0.189. The molecule has 1 rings (SSSR count). The van der Waals surface area contributed by atoms with E-state index in [2.05, 4.69) is 11.5 Å². The molecule has 0 bridgehead atoms. The molecule has 1 atom stereocenters. The topological polar surface area (TPSA) is 3.24 Å². The highest BCUT2D eigenvalue weighted by atomic mass is 19.1. The van der Waals surface area contributed by atoms with Crippen LogP contribution >= 0.6 is 0 Å². The van der Waals surface area contributed by atoms with Crippen LogP contribution in [0.5, 0.6) is 0 Å². The predicted octanol–water partition coefficient (Wildman–Crippen LogP) is 2.39. The van der Waals surface area contributed by atoms with E-state index in [1.807, 2.05) is 6.92 Å². The van der Waals surface area contributed by atoms with Crippen LogP contribution in [-0.4, -0.2) is 30.2 Å². The van der Waals surface area contributed by atoms with Crippen molar-refractivity contribution >= 4 is 0 Å². The molecule has 1 heterocycles. The summed E-state index contributed by atoms with van der Waals surface area (Å²) in [6, 6.07) is 0. The Balaban J connectivity index is 2.24.